The summed E-state index contributed by atoms with van der Waals surface area (Å²) in [6, 6.07) is 7.00. The molecule has 0 unspecified atom stereocenters. The van der Waals surface area contributed by atoms with Crippen LogP contribution in [0, 0.1) is 20.2 Å². The molecule has 0 saturated heterocycles. The number of thiocarbonyl (C=S) groups is 1. The highest BCUT2D eigenvalue weighted by atomic mass is 79.9. The molecule has 2 amide bonds. The van der Waals surface area contributed by atoms with Gasteiger partial charge in [0.05, 0.1) is 33.1 Å². The van der Waals surface area contributed by atoms with Crippen LogP contribution in [0.3, 0.4) is 0 Å². The maximum Gasteiger partial charge on any atom is 0.277 e. The fourth-order valence-electron chi connectivity index (χ4n) is 2.14. The predicted molar refractivity (Wildman–Crippen MR) is 111 cm³/mol. The summed E-state index contributed by atoms with van der Waals surface area (Å²) < 4.78 is 5.61. The van der Waals surface area contributed by atoms with E-state index in [0.29, 0.717) is 10.2 Å². The minimum atomic E-state index is -0.944. The second-order valence-electron chi connectivity index (χ2n) is 5.46. The van der Waals surface area contributed by atoms with Crippen molar-refractivity contribution in [2.75, 3.05) is 7.11 Å². The molecule has 2 aromatic rings. The lowest BCUT2D eigenvalue weighted by Gasteiger charge is -2.11. The second kappa shape index (κ2) is 9.71. The van der Waals surface area contributed by atoms with Gasteiger partial charge in [-0.25, -0.2) is 0 Å². The van der Waals surface area contributed by atoms with Crippen molar-refractivity contribution in [3.05, 3.63) is 72.2 Å². The van der Waals surface area contributed by atoms with Crippen molar-refractivity contribution < 1.29 is 24.2 Å². The minimum absolute atomic E-state index is 0.249. The average molecular weight is 498 g/mol. The van der Waals surface area contributed by atoms with E-state index in [9.17, 15) is 29.8 Å². The number of nitro groups is 2. The smallest absolute Gasteiger partial charge is 0.277 e. The highest BCUT2D eigenvalue weighted by Crippen LogP contribution is 2.25. The molecule has 3 N–H and O–H groups in total. The molecule has 2 rings (SSSR count). The van der Waals surface area contributed by atoms with Crippen LogP contribution in [0.4, 0.5) is 11.4 Å². The Morgan fingerprint density at radius 2 is 1.57 bits per heavy atom. The Kier molecular flexibility index (Phi) is 7.32. The number of halogens is 1. The van der Waals surface area contributed by atoms with Gasteiger partial charge in [-0.2, -0.15) is 0 Å². The SMILES string of the molecule is COc1ccc(C(=O)NNC(=S)NC(=O)c2cc([N+](=O)[O-])cc([N+](=O)[O-])c2)cc1Br. The van der Waals surface area contributed by atoms with E-state index in [1.54, 1.807) is 6.07 Å². The summed E-state index contributed by atoms with van der Waals surface area (Å²) in [5, 5.41) is 23.6. The van der Waals surface area contributed by atoms with Crippen LogP contribution in [0.5, 0.6) is 5.75 Å². The molecule has 0 saturated carbocycles. The highest BCUT2D eigenvalue weighted by Gasteiger charge is 2.20. The number of rotatable bonds is 5. The molecule has 0 bridgehead atoms. The van der Waals surface area contributed by atoms with E-state index < -0.39 is 33.0 Å². The number of hydrogen-bond acceptors (Lipinski definition) is 8. The van der Waals surface area contributed by atoms with Gasteiger partial charge in [0.2, 0.25) is 0 Å². The third kappa shape index (κ3) is 5.68. The maximum atomic E-state index is 12.2. The van der Waals surface area contributed by atoms with Crippen LogP contribution in [-0.4, -0.2) is 33.9 Å². The molecule has 14 heteroatoms. The predicted octanol–water partition coefficient (Wildman–Crippen LogP) is 2.22. The van der Waals surface area contributed by atoms with E-state index in [0.717, 1.165) is 18.2 Å². The number of carbonyl (C=O) groups excluding carboxylic acids is 2. The van der Waals surface area contributed by atoms with Gasteiger partial charge in [0, 0.05) is 17.7 Å². The number of ether oxygens (including phenoxy) is 1. The Morgan fingerprint density at radius 1 is 0.967 bits per heavy atom. The lowest BCUT2D eigenvalue weighted by Crippen LogP contribution is -2.48. The number of non-ortho nitro benzene ring substituents is 2. The molecule has 0 aliphatic carbocycles. The molecule has 0 atom stereocenters. The van der Waals surface area contributed by atoms with Gasteiger partial charge < -0.3 is 4.74 Å². The molecule has 12 nitrogen and oxygen atoms in total. The summed E-state index contributed by atoms with van der Waals surface area (Å²) in [7, 11) is 1.47. The summed E-state index contributed by atoms with van der Waals surface area (Å²) >= 11 is 8.12. The van der Waals surface area contributed by atoms with Crippen LogP contribution in [0.2, 0.25) is 0 Å². The zero-order valence-corrected chi connectivity index (χ0v) is 17.4. The first-order valence-corrected chi connectivity index (χ1v) is 9.01. The number of benzene rings is 2. The topological polar surface area (TPSA) is 166 Å². The van der Waals surface area contributed by atoms with Gasteiger partial charge >= 0.3 is 0 Å². The molecule has 156 valence electrons. The highest BCUT2D eigenvalue weighted by molar-refractivity contribution is 9.10. The Balaban J connectivity index is 2.03. The Hall–Kier alpha value is -3.65. The fourth-order valence-corrected chi connectivity index (χ4v) is 2.82. The lowest BCUT2D eigenvalue weighted by atomic mass is 10.1. The number of hydrazine groups is 1. The van der Waals surface area contributed by atoms with Gasteiger partial charge in [-0.1, -0.05) is 0 Å². The molecule has 2 aromatic carbocycles. The summed E-state index contributed by atoms with van der Waals surface area (Å²) in [6.07, 6.45) is 0. The van der Waals surface area contributed by atoms with Gasteiger partial charge in [-0.05, 0) is 46.3 Å². The number of methoxy groups -OCH3 is 1. The lowest BCUT2D eigenvalue weighted by molar-refractivity contribution is -0.394. The summed E-state index contributed by atoms with van der Waals surface area (Å²) in [6.45, 7) is 0. The van der Waals surface area contributed by atoms with Crippen molar-refractivity contribution in [3.8, 4) is 5.75 Å². The number of nitro benzene ring substituents is 2. The van der Waals surface area contributed by atoms with E-state index in [-0.39, 0.29) is 16.2 Å². The van der Waals surface area contributed by atoms with Crippen LogP contribution >= 0.6 is 28.1 Å². The molecule has 0 aliphatic rings. The number of hydrogen-bond donors (Lipinski definition) is 3. The normalized spacial score (nSPS) is 9.93. The Morgan fingerprint density at radius 3 is 2.07 bits per heavy atom. The van der Waals surface area contributed by atoms with Gasteiger partial charge in [0.25, 0.3) is 23.2 Å². The zero-order chi connectivity index (χ0) is 22.4. The third-order valence-corrected chi connectivity index (χ3v) is 4.34. The van der Waals surface area contributed by atoms with Crippen molar-refractivity contribution in [1.29, 1.82) is 0 Å². The monoisotopic (exact) mass is 497 g/mol. The van der Waals surface area contributed by atoms with Crippen molar-refractivity contribution in [1.82, 2.24) is 16.2 Å². The van der Waals surface area contributed by atoms with E-state index >= 15 is 0 Å². The zero-order valence-electron chi connectivity index (χ0n) is 15.0. The van der Waals surface area contributed by atoms with E-state index in [1.807, 2.05) is 0 Å². The summed E-state index contributed by atoms with van der Waals surface area (Å²) in [4.78, 5) is 44.4. The standard InChI is InChI=1S/C16H12BrN5O7S/c1-29-13-3-2-8(6-12(13)17)15(24)19-20-16(30)18-14(23)9-4-10(21(25)26)7-11(5-9)22(27)28/h2-7H,1H3,(H,19,24)(H2,18,20,23,30). The van der Waals surface area contributed by atoms with Crippen molar-refractivity contribution >= 4 is 56.4 Å². The first-order chi connectivity index (χ1) is 14.1. The average Bonchev–Trinajstić information content (AvgIpc) is 2.71. The second-order valence-corrected chi connectivity index (χ2v) is 6.73. The minimum Gasteiger partial charge on any atom is -0.496 e. The van der Waals surface area contributed by atoms with E-state index in [4.69, 9.17) is 17.0 Å². The molecule has 30 heavy (non-hydrogen) atoms. The summed E-state index contributed by atoms with van der Waals surface area (Å²) in [5.74, 6) is -1.00. The molecule has 0 radical (unpaired) electrons. The molecule has 0 aromatic heterocycles. The maximum absolute atomic E-state index is 12.2. The van der Waals surface area contributed by atoms with Gasteiger partial charge in [0.1, 0.15) is 5.75 Å². The van der Waals surface area contributed by atoms with Crippen LogP contribution in [0.25, 0.3) is 0 Å². The number of nitrogens with zero attached hydrogens (tertiary/aromatic N) is 2. The first-order valence-electron chi connectivity index (χ1n) is 7.81. The Labute approximate surface area is 182 Å². The molecular weight excluding hydrogens is 486 g/mol. The quantitative estimate of drug-likeness (QED) is 0.318. The van der Waals surface area contributed by atoms with Gasteiger partial charge in [-0.3, -0.25) is 46.0 Å². The third-order valence-electron chi connectivity index (χ3n) is 3.52. The number of amides is 2. The molecule has 0 aliphatic heterocycles. The molecule has 0 fully saturated rings. The van der Waals surface area contributed by atoms with Crippen LogP contribution in [0.1, 0.15) is 20.7 Å². The van der Waals surface area contributed by atoms with Gasteiger partial charge in [0.15, 0.2) is 5.11 Å². The van der Waals surface area contributed by atoms with Crippen LogP contribution in [0.15, 0.2) is 40.9 Å². The van der Waals surface area contributed by atoms with Crippen LogP contribution in [-0.2, 0) is 0 Å². The first kappa shape index (κ1) is 22.6. The summed E-state index contributed by atoms with van der Waals surface area (Å²) in [5.41, 5.74) is 3.17. The van der Waals surface area contributed by atoms with E-state index in [2.05, 4.69) is 32.1 Å². The Bertz CT molecular complexity index is 1030. The van der Waals surface area contributed by atoms with Crippen molar-refractivity contribution in [3.63, 3.8) is 0 Å². The largest absolute Gasteiger partial charge is 0.496 e. The molecular formula is C16H12BrN5O7S. The van der Waals surface area contributed by atoms with Gasteiger partial charge in [-0.15, -0.1) is 0 Å². The fraction of sp³-hybridized carbons (Fsp3) is 0.0625. The number of nitrogens with one attached hydrogen (secondary N) is 3. The van der Waals surface area contributed by atoms with E-state index in [1.165, 1.54) is 19.2 Å². The number of carbonyl (C=O) groups is 2. The van der Waals surface area contributed by atoms with Crippen molar-refractivity contribution in [2.45, 2.75) is 0 Å². The molecule has 0 spiro atoms. The molecule has 0 heterocycles. The van der Waals surface area contributed by atoms with Crippen molar-refractivity contribution in [2.24, 2.45) is 0 Å². The van der Waals surface area contributed by atoms with Crippen LogP contribution < -0.4 is 20.9 Å².